The third-order valence-electron chi connectivity index (χ3n) is 2.36. The number of carboxylic acids is 1. The van der Waals surface area contributed by atoms with Crippen molar-refractivity contribution >= 4 is 33.5 Å². The predicted molar refractivity (Wildman–Crippen MR) is 72.4 cm³/mol. The highest BCUT2D eigenvalue weighted by Crippen LogP contribution is 2.17. The Bertz CT molecular complexity index is 442. The first-order valence-electron chi connectivity index (χ1n) is 5.53. The molecule has 0 aromatic heterocycles. The van der Waals surface area contributed by atoms with Crippen LogP contribution in [0.4, 0.5) is 5.69 Å². The normalized spacial score (nSPS) is 11.9. The summed E-state index contributed by atoms with van der Waals surface area (Å²) < 4.78 is 0.676. The summed E-state index contributed by atoms with van der Waals surface area (Å²) in [5, 5.41) is 11.4. The van der Waals surface area contributed by atoms with Crippen molar-refractivity contribution in [2.45, 2.75) is 25.8 Å². The number of halogens is 1. The van der Waals surface area contributed by atoms with Crippen LogP contribution in [0.1, 0.15) is 30.1 Å². The summed E-state index contributed by atoms with van der Waals surface area (Å²) in [6.07, 6.45) is 1.07. The number of benzene rings is 1. The van der Waals surface area contributed by atoms with E-state index >= 15 is 0 Å². The molecule has 98 valence electrons. The Hall–Kier alpha value is -1.56. The van der Waals surface area contributed by atoms with Gasteiger partial charge in [0.05, 0.1) is 0 Å². The standard InChI is InChI=1S/C12H15BrN2O3/c1-2-3-10(12(17)18)15-11(16)7-4-8(13)6-9(14)5-7/h4-6,10H,2-3,14H2,1H3,(H,15,16)(H,17,18). The van der Waals surface area contributed by atoms with Crippen LogP contribution in [0.25, 0.3) is 0 Å². The van der Waals surface area contributed by atoms with E-state index in [9.17, 15) is 9.59 Å². The molecule has 0 spiro atoms. The van der Waals surface area contributed by atoms with Gasteiger partial charge in [0.15, 0.2) is 0 Å². The van der Waals surface area contributed by atoms with Crippen molar-refractivity contribution in [1.82, 2.24) is 5.32 Å². The summed E-state index contributed by atoms with van der Waals surface area (Å²) in [5.74, 6) is -1.47. The van der Waals surface area contributed by atoms with Gasteiger partial charge in [-0.1, -0.05) is 29.3 Å². The number of carboxylic acid groups (broad SMARTS) is 1. The first kappa shape index (κ1) is 14.5. The van der Waals surface area contributed by atoms with Crippen molar-refractivity contribution in [3.05, 3.63) is 28.2 Å². The van der Waals surface area contributed by atoms with Gasteiger partial charge in [-0.3, -0.25) is 4.79 Å². The molecule has 1 aromatic rings. The second kappa shape index (κ2) is 6.39. The molecule has 0 saturated carbocycles. The Morgan fingerprint density at radius 1 is 1.44 bits per heavy atom. The fourth-order valence-electron chi connectivity index (χ4n) is 1.53. The number of nitrogens with two attached hydrogens (primary N) is 1. The van der Waals surface area contributed by atoms with Crippen molar-refractivity contribution in [2.75, 3.05) is 5.73 Å². The molecule has 5 nitrogen and oxygen atoms in total. The Labute approximate surface area is 113 Å². The predicted octanol–water partition coefficient (Wildman–Crippen LogP) is 2.01. The van der Waals surface area contributed by atoms with Crippen LogP contribution in [0.3, 0.4) is 0 Å². The third kappa shape index (κ3) is 4.03. The number of rotatable bonds is 5. The van der Waals surface area contributed by atoms with Gasteiger partial charge in [0.2, 0.25) is 0 Å². The maximum absolute atomic E-state index is 11.9. The number of hydrogen-bond donors (Lipinski definition) is 3. The molecule has 1 aromatic carbocycles. The second-order valence-electron chi connectivity index (χ2n) is 3.93. The fraction of sp³-hybridized carbons (Fsp3) is 0.333. The zero-order valence-corrected chi connectivity index (χ0v) is 11.5. The molecular formula is C12H15BrN2O3. The molecule has 1 amide bonds. The lowest BCUT2D eigenvalue weighted by molar-refractivity contribution is -0.139. The summed E-state index contributed by atoms with van der Waals surface area (Å²) >= 11 is 3.23. The SMILES string of the molecule is CCCC(NC(=O)c1cc(N)cc(Br)c1)C(=O)O. The first-order chi connectivity index (χ1) is 8.43. The van der Waals surface area contributed by atoms with Gasteiger partial charge in [-0.25, -0.2) is 4.79 Å². The lowest BCUT2D eigenvalue weighted by Crippen LogP contribution is -2.40. The number of nitrogens with one attached hydrogen (secondary N) is 1. The summed E-state index contributed by atoms with van der Waals surface area (Å²) in [6, 6.07) is 3.89. The molecule has 0 fully saturated rings. The summed E-state index contributed by atoms with van der Waals surface area (Å²) in [5.41, 5.74) is 6.40. The molecule has 0 radical (unpaired) electrons. The van der Waals surface area contributed by atoms with Crippen molar-refractivity contribution in [3.63, 3.8) is 0 Å². The van der Waals surface area contributed by atoms with Crippen molar-refractivity contribution < 1.29 is 14.7 Å². The molecule has 0 aliphatic carbocycles. The average molecular weight is 315 g/mol. The van der Waals surface area contributed by atoms with Crippen LogP contribution < -0.4 is 11.1 Å². The highest BCUT2D eigenvalue weighted by atomic mass is 79.9. The van der Waals surface area contributed by atoms with Crippen LogP contribution in [0.2, 0.25) is 0 Å². The van der Waals surface area contributed by atoms with E-state index in [2.05, 4.69) is 21.2 Å². The molecule has 0 aliphatic heterocycles. The van der Waals surface area contributed by atoms with E-state index in [0.717, 1.165) is 0 Å². The number of nitrogen functional groups attached to an aromatic ring is 1. The van der Waals surface area contributed by atoms with E-state index in [4.69, 9.17) is 10.8 Å². The Morgan fingerprint density at radius 3 is 2.61 bits per heavy atom. The minimum atomic E-state index is -1.03. The highest BCUT2D eigenvalue weighted by molar-refractivity contribution is 9.10. The van der Waals surface area contributed by atoms with Gasteiger partial charge in [-0.2, -0.15) is 0 Å². The van der Waals surface area contributed by atoms with Crippen molar-refractivity contribution in [1.29, 1.82) is 0 Å². The molecule has 1 unspecified atom stereocenters. The molecule has 0 aliphatic rings. The number of carbonyl (C=O) groups excluding carboxylic acids is 1. The zero-order chi connectivity index (χ0) is 13.7. The maximum Gasteiger partial charge on any atom is 0.326 e. The van der Waals surface area contributed by atoms with Crippen molar-refractivity contribution in [2.24, 2.45) is 0 Å². The van der Waals surface area contributed by atoms with E-state index in [1.807, 2.05) is 6.92 Å². The van der Waals surface area contributed by atoms with Crippen LogP contribution in [0.5, 0.6) is 0 Å². The molecular weight excluding hydrogens is 300 g/mol. The number of aliphatic carboxylic acids is 1. The van der Waals surface area contributed by atoms with Crippen LogP contribution >= 0.6 is 15.9 Å². The Morgan fingerprint density at radius 2 is 2.11 bits per heavy atom. The molecule has 4 N–H and O–H groups in total. The summed E-state index contributed by atoms with van der Waals surface area (Å²) in [6.45, 7) is 1.86. The van der Waals surface area contributed by atoms with Gasteiger partial charge in [0.25, 0.3) is 5.91 Å². The molecule has 1 atom stereocenters. The van der Waals surface area contributed by atoms with Gasteiger partial charge in [0, 0.05) is 15.7 Å². The number of amides is 1. The molecule has 0 bridgehead atoms. The number of carbonyl (C=O) groups is 2. The van der Waals surface area contributed by atoms with Gasteiger partial charge < -0.3 is 16.2 Å². The molecule has 0 heterocycles. The van der Waals surface area contributed by atoms with Crippen LogP contribution in [-0.2, 0) is 4.79 Å². The van der Waals surface area contributed by atoms with E-state index in [1.54, 1.807) is 12.1 Å². The number of anilines is 1. The quantitative estimate of drug-likeness (QED) is 0.725. The minimum Gasteiger partial charge on any atom is -0.480 e. The third-order valence-corrected chi connectivity index (χ3v) is 2.82. The van der Waals surface area contributed by atoms with Gasteiger partial charge >= 0.3 is 5.97 Å². The highest BCUT2D eigenvalue weighted by Gasteiger charge is 2.19. The average Bonchev–Trinajstić information content (AvgIpc) is 2.26. The first-order valence-corrected chi connectivity index (χ1v) is 6.33. The largest absolute Gasteiger partial charge is 0.480 e. The molecule has 1 rings (SSSR count). The summed E-state index contributed by atoms with van der Waals surface area (Å²) in [4.78, 5) is 22.8. The van der Waals surface area contributed by atoms with Crippen LogP contribution in [0, 0.1) is 0 Å². The van der Waals surface area contributed by atoms with Gasteiger partial charge in [0.1, 0.15) is 6.04 Å². The lowest BCUT2D eigenvalue weighted by Gasteiger charge is -2.13. The lowest BCUT2D eigenvalue weighted by atomic mass is 10.1. The molecule has 6 heteroatoms. The zero-order valence-electron chi connectivity index (χ0n) is 9.94. The topological polar surface area (TPSA) is 92.4 Å². The second-order valence-corrected chi connectivity index (χ2v) is 4.84. The van der Waals surface area contributed by atoms with E-state index in [-0.39, 0.29) is 0 Å². The van der Waals surface area contributed by atoms with E-state index < -0.39 is 17.9 Å². The fourth-order valence-corrected chi connectivity index (χ4v) is 2.04. The maximum atomic E-state index is 11.9. The number of hydrogen-bond acceptors (Lipinski definition) is 3. The molecule has 18 heavy (non-hydrogen) atoms. The van der Waals surface area contributed by atoms with Gasteiger partial charge in [-0.15, -0.1) is 0 Å². The molecule has 0 saturated heterocycles. The van der Waals surface area contributed by atoms with Crippen molar-refractivity contribution in [3.8, 4) is 0 Å². The monoisotopic (exact) mass is 314 g/mol. The minimum absolute atomic E-state index is 0.337. The summed E-state index contributed by atoms with van der Waals surface area (Å²) in [7, 11) is 0. The van der Waals surface area contributed by atoms with E-state index in [1.165, 1.54) is 6.07 Å². The van der Waals surface area contributed by atoms with Crippen LogP contribution in [0.15, 0.2) is 22.7 Å². The van der Waals surface area contributed by atoms with Crippen LogP contribution in [-0.4, -0.2) is 23.0 Å². The smallest absolute Gasteiger partial charge is 0.326 e. The van der Waals surface area contributed by atoms with E-state index in [0.29, 0.717) is 28.6 Å². The Balaban J connectivity index is 2.83. The Kier molecular flexibility index (Phi) is 5.15. The van der Waals surface area contributed by atoms with Gasteiger partial charge in [-0.05, 0) is 24.6 Å².